The molecule has 0 aromatic heterocycles. The molecular weight excluding hydrogens is 644 g/mol. The topological polar surface area (TPSA) is 201 Å². The molecule has 49 heavy (non-hydrogen) atoms. The summed E-state index contributed by atoms with van der Waals surface area (Å²) in [5, 5.41) is 36.4. The number of benzene rings is 1. The molecule has 3 saturated carbocycles. The third kappa shape index (κ3) is 5.53. The molecule has 12 atom stereocenters. The Balaban J connectivity index is 1.90. The number of hydrogen-bond donors (Lipinski definition) is 3. The van der Waals surface area contributed by atoms with E-state index < -0.39 is 107 Å². The van der Waals surface area contributed by atoms with Gasteiger partial charge in [-0.15, -0.1) is 0 Å². The van der Waals surface area contributed by atoms with E-state index >= 15 is 0 Å². The average molecular weight is 689 g/mol. The standard InChI is InChI=1S/C35H44O14/c1-17-24(40)14-26(46-18(2)36)34(16-44-31(42)22-11-9-8-10-12-22)27(17)28(47-19(3)37)23-13-25(41)33(7)35(43,32(23,6)15-45-33)30(49-21(5)39)29(34)48-20(4)38/h8-12,23-30,40-41,43H,1,13-16H2,2-7H3/t23-,24-,25-,26?,27-,28+,29-,30-,32+,33-,34+,35+/m0/s1. The van der Waals surface area contributed by atoms with Crippen LogP contribution in [0.3, 0.4) is 0 Å². The molecule has 0 spiro atoms. The number of carbonyl (C=O) groups is 5. The number of esters is 5. The molecule has 4 bridgehead atoms. The van der Waals surface area contributed by atoms with E-state index in [1.54, 1.807) is 25.1 Å². The van der Waals surface area contributed by atoms with E-state index in [1.165, 1.54) is 19.1 Å². The van der Waals surface area contributed by atoms with Crippen LogP contribution in [-0.2, 0) is 47.6 Å². The molecule has 1 heterocycles. The second-order valence-corrected chi connectivity index (χ2v) is 14.0. The first-order valence-electron chi connectivity index (χ1n) is 16.2. The summed E-state index contributed by atoms with van der Waals surface area (Å²) in [7, 11) is 0. The Bertz CT molecular complexity index is 1530. The van der Waals surface area contributed by atoms with Crippen molar-refractivity contribution in [3.05, 3.63) is 48.0 Å². The minimum Gasteiger partial charge on any atom is -0.462 e. The molecule has 1 saturated heterocycles. The van der Waals surface area contributed by atoms with Crippen molar-refractivity contribution in [3.63, 3.8) is 0 Å². The Labute approximate surface area is 283 Å². The number of rotatable bonds is 7. The number of fused-ring (bicyclic) bond motifs is 1. The highest BCUT2D eigenvalue weighted by Crippen LogP contribution is 2.68. The summed E-state index contributed by atoms with van der Waals surface area (Å²) in [4.78, 5) is 65.4. The maximum absolute atomic E-state index is 13.6. The summed E-state index contributed by atoms with van der Waals surface area (Å²) >= 11 is 0. The zero-order valence-corrected chi connectivity index (χ0v) is 28.4. The summed E-state index contributed by atoms with van der Waals surface area (Å²) in [6.45, 7) is 10.7. The fraction of sp³-hybridized carbons (Fsp3) is 0.629. The minimum atomic E-state index is -2.38. The van der Waals surface area contributed by atoms with E-state index in [-0.39, 0.29) is 30.6 Å². The van der Waals surface area contributed by atoms with Crippen molar-refractivity contribution in [1.82, 2.24) is 0 Å². The summed E-state index contributed by atoms with van der Waals surface area (Å²) in [6, 6.07) is 7.92. The molecular formula is C35H44O14. The first-order chi connectivity index (χ1) is 22.8. The van der Waals surface area contributed by atoms with Crippen LogP contribution in [0.4, 0.5) is 0 Å². The van der Waals surface area contributed by atoms with Crippen LogP contribution in [0, 0.1) is 22.7 Å². The highest BCUT2D eigenvalue weighted by molar-refractivity contribution is 5.89. The number of hydrogen-bond acceptors (Lipinski definition) is 14. The van der Waals surface area contributed by atoms with Crippen LogP contribution in [0.2, 0.25) is 0 Å². The average Bonchev–Trinajstić information content (AvgIpc) is 3.16. The molecule has 14 nitrogen and oxygen atoms in total. The molecule has 4 aliphatic rings. The molecule has 1 aromatic carbocycles. The molecule has 1 aromatic rings. The van der Waals surface area contributed by atoms with Gasteiger partial charge < -0.3 is 43.7 Å². The van der Waals surface area contributed by atoms with Crippen LogP contribution in [0.5, 0.6) is 0 Å². The van der Waals surface area contributed by atoms with Crippen molar-refractivity contribution in [1.29, 1.82) is 0 Å². The van der Waals surface area contributed by atoms with Crippen LogP contribution in [0.25, 0.3) is 0 Å². The van der Waals surface area contributed by atoms with Gasteiger partial charge in [0.25, 0.3) is 0 Å². The molecule has 3 N–H and O–H groups in total. The molecule has 1 aliphatic heterocycles. The molecule has 3 aliphatic carbocycles. The molecule has 1 unspecified atom stereocenters. The van der Waals surface area contributed by atoms with Crippen LogP contribution in [0.1, 0.15) is 64.7 Å². The first kappa shape index (κ1) is 36.4. The molecule has 0 amide bonds. The van der Waals surface area contributed by atoms with Gasteiger partial charge in [-0.1, -0.05) is 31.7 Å². The zero-order valence-electron chi connectivity index (χ0n) is 28.4. The van der Waals surface area contributed by atoms with Crippen molar-refractivity contribution in [2.75, 3.05) is 13.2 Å². The summed E-state index contributed by atoms with van der Waals surface area (Å²) in [5.41, 5.74) is -7.58. The molecule has 14 heteroatoms. The van der Waals surface area contributed by atoms with Gasteiger partial charge in [0.15, 0.2) is 12.2 Å². The van der Waals surface area contributed by atoms with Crippen LogP contribution in [-0.4, -0.2) is 106 Å². The van der Waals surface area contributed by atoms with Gasteiger partial charge in [-0.05, 0) is 31.1 Å². The van der Waals surface area contributed by atoms with Crippen molar-refractivity contribution < 1.29 is 67.7 Å². The monoisotopic (exact) mass is 688 g/mol. The van der Waals surface area contributed by atoms with Gasteiger partial charge in [0.1, 0.15) is 30.0 Å². The lowest BCUT2D eigenvalue weighted by Crippen LogP contribution is -2.81. The predicted molar refractivity (Wildman–Crippen MR) is 166 cm³/mol. The van der Waals surface area contributed by atoms with E-state index in [0.29, 0.717) is 0 Å². The van der Waals surface area contributed by atoms with Crippen molar-refractivity contribution >= 4 is 29.8 Å². The predicted octanol–water partition coefficient (Wildman–Crippen LogP) is 1.41. The zero-order chi connectivity index (χ0) is 36.3. The van der Waals surface area contributed by atoms with Crippen LogP contribution in [0.15, 0.2) is 42.5 Å². The number of ether oxygens (including phenoxy) is 6. The SMILES string of the molecule is C=C1[C@@H](O)CC(OC(C)=O)[C@@]2(COC(=O)c3ccccc3)[C@@H](OC(C)=O)[C@H](OC(C)=O)[C@]3(O)[C@@]4(C)OC[C@]3(C)[C@@H](C[C@@H]4O)[C@@H](OC(C)=O)[C@H]12. The molecule has 268 valence electrons. The number of aliphatic hydroxyl groups excluding tert-OH is 2. The Hall–Kier alpha value is -3.85. The van der Waals surface area contributed by atoms with Gasteiger partial charge in [-0.3, -0.25) is 19.2 Å². The highest BCUT2D eigenvalue weighted by atomic mass is 16.6. The quantitative estimate of drug-likeness (QED) is 0.211. The molecule has 4 fully saturated rings. The van der Waals surface area contributed by atoms with Gasteiger partial charge in [0.05, 0.1) is 29.8 Å². The number of aliphatic hydroxyl groups is 3. The normalized spacial score (nSPS) is 40.9. The Morgan fingerprint density at radius 1 is 0.857 bits per heavy atom. The number of carbonyl (C=O) groups excluding carboxylic acids is 5. The lowest BCUT2D eigenvalue weighted by atomic mass is 9.43. The smallest absolute Gasteiger partial charge is 0.338 e. The van der Waals surface area contributed by atoms with E-state index in [1.807, 2.05) is 0 Å². The van der Waals surface area contributed by atoms with Gasteiger partial charge in [-0.2, -0.15) is 0 Å². The summed E-state index contributed by atoms with van der Waals surface area (Å²) in [5.74, 6) is -6.66. The minimum absolute atomic E-state index is 0.0416. The maximum atomic E-state index is 13.6. The van der Waals surface area contributed by atoms with Gasteiger partial charge in [0, 0.05) is 51.4 Å². The second kappa shape index (κ2) is 12.8. The summed E-state index contributed by atoms with van der Waals surface area (Å²) in [6.07, 6.45) is -9.90. The Kier molecular flexibility index (Phi) is 9.51. The fourth-order valence-corrected chi connectivity index (χ4v) is 9.08. The van der Waals surface area contributed by atoms with E-state index in [0.717, 1.165) is 27.7 Å². The summed E-state index contributed by atoms with van der Waals surface area (Å²) < 4.78 is 36.1. The Morgan fingerprint density at radius 2 is 1.43 bits per heavy atom. The largest absolute Gasteiger partial charge is 0.462 e. The van der Waals surface area contributed by atoms with Crippen LogP contribution < -0.4 is 0 Å². The van der Waals surface area contributed by atoms with E-state index in [9.17, 15) is 39.3 Å². The first-order valence-corrected chi connectivity index (χ1v) is 16.2. The van der Waals surface area contributed by atoms with Gasteiger partial charge >= 0.3 is 29.8 Å². The maximum Gasteiger partial charge on any atom is 0.338 e. The van der Waals surface area contributed by atoms with Crippen molar-refractivity contribution in [3.8, 4) is 0 Å². The highest BCUT2D eigenvalue weighted by Gasteiger charge is 2.83. The Morgan fingerprint density at radius 3 is 2.00 bits per heavy atom. The fourth-order valence-electron chi connectivity index (χ4n) is 9.08. The molecule has 0 radical (unpaired) electrons. The van der Waals surface area contributed by atoms with Crippen molar-refractivity contribution in [2.45, 2.75) is 102 Å². The lowest BCUT2D eigenvalue weighted by molar-refractivity contribution is -0.323. The van der Waals surface area contributed by atoms with Crippen molar-refractivity contribution in [2.24, 2.45) is 22.7 Å². The lowest BCUT2D eigenvalue weighted by Gasteiger charge is -2.66. The van der Waals surface area contributed by atoms with Gasteiger partial charge in [-0.25, -0.2) is 4.79 Å². The second-order valence-electron chi connectivity index (χ2n) is 14.0. The molecule has 5 rings (SSSR count). The van der Waals surface area contributed by atoms with E-state index in [4.69, 9.17) is 28.4 Å². The van der Waals surface area contributed by atoms with E-state index in [2.05, 4.69) is 6.58 Å². The van der Waals surface area contributed by atoms with Crippen LogP contribution >= 0.6 is 0 Å². The third-order valence-corrected chi connectivity index (χ3v) is 11.3. The third-order valence-electron chi connectivity index (χ3n) is 11.3. The van der Waals surface area contributed by atoms with Gasteiger partial charge in [0.2, 0.25) is 0 Å².